The quantitative estimate of drug-likeness (QED) is 0.687. The maximum atomic E-state index is 13.4. The molecule has 1 heterocycles. The Labute approximate surface area is 195 Å². The van der Waals surface area contributed by atoms with Crippen molar-refractivity contribution in [3.8, 4) is 5.75 Å². The van der Waals surface area contributed by atoms with Gasteiger partial charge in [0.05, 0.1) is 6.04 Å². The number of benzene rings is 2. The summed E-state index contributed by atoms with van der Waals surface area (Å²) in [5, 5.41) is 11.3. The van der Waals surface area contributed by atoms with Gasteiger partial charge in [-0.05, 0) is 64.8 Å². The third-order valence-electron chi connectivity index (χ3n) is 5.73. The number of hydrogen-bond donors (Lipinski definition) is 1. The number of carbonyl (C=O) groups excluding carboxylic acids is 1. The Morgan fingerprint density at radius 2 is 1.79 bits per heavy atom. The zero-order valence-corrected chi connectivity index (χ0v) is 20.6. The lowest BCUT2D eigenvalue weighted by molar-refractivity contribution is -0.0937. The second-order valence-corrected chi connectivity index (χ2v) is 10.3. The van der Waals surface area contributed by atoms with E-state index in [0.29, 0.717) is 12.2 Å². The molecule has 0 aliphatic carbocycles. The molecule has 0 saturated heterocycles. The number of hydrogen-bond acceptors (Lipinski definition) is 5. The zero-order valence-electron chi connectivity index (χ0n) is 20.6. The second-order valence-electron chi connectivity index (χ2n) is 10.3. The van der Waals surface area contributed by atoms with Crippen molar-refractivity contribution in [1.29, 1.82) is 0 Å². The molecule has 1 aliphatic heterocycles. The molecule has 1 N–H and O–H groups in total. The molecule has 6 nitrogen and oxygen atoms in total. The normalized spacial score (nSPS) is 19.3. The molecule has 33 heavy (non-hydrogen) atoms. The van der Waals surface area contributed by atoms with Crippen molar-refractivity contribution < 1.29 is 23.8 Å². The highest BCUT2D eigenvalue weighted by Crippen LogP contribution is 2.44. The van der Waals surface area contributed by atoms with Crippen LogP contribution >= 0.6 is 0 Å². The highest BCUT2D eigenvalue weighted by atomic mass is 19.1. The van der Waals surface area contributed by atoms with Gasteiger partial charge in [-0.1, -0.05) is 18.2 Å². The van der Waals surface area contributed by atoms with Gasteiger partial charge in [0.1, 0.15) is 28.9 Å². The molecular weight excluding hydrogens is 423 g/mol. The van der Waals surface area contributed by atoms with E-state index in [-0.39, 0.29) is 12.4 Å². The standard InChI is InChI=1S/C26H35FN2O4/c1-25(2,3)33-24(31)29(15-14-17-8-10-18(27)11-9-17)22-20-13-12-19(28(6)7)16-21(20)32-26(4,5)23(22)30/h8-13,16,22-23,30H,14-15H2,1-7H3/t22-,23+/m0/s1. The summed E-state index contributed by atoms with van der Waals surface area (Å²) < 4.78 is 25.2. The molecule has 0 fully saturated rings. The van der Waals surface area contributed by atoms with E-state index in [4.69, 9.17) is 9.47 Å². The van der Waals surface area contributed by atoms with Gasteiger partial charge < -0.3 is 19.5 Å². The first-order chi connectivity index (χ1) is 15.3. The molecule has 0 spiro atoms. The van der Waals surface area contributed by atoms with E-state index in [9.17, 15) is 14.3 Å². The third kappa shape index (κ3) is 5.77. The second kappa shape index (κ2) is 9.21. The molecule has 7 heteroatoms. The van der Waals surface area contributed by atoms with Gasteiger partial charge in [0.25, 0.3) is 0 Å². The Kier molecular flexibility index (Phi) is 6.93. The van der Waals surface area contributed by atoms with E-state index < -0.39 is 29.4 Å². The molecule has 180 valence electrons. The number of carbonyl (C=O) groups is 1. The van der Waals surface area contributed by atoms with Crippen LogP contribution in [0.25, 0.3) is 0 Å². The summed E-state index contributed by atoms with van der Waals surface area (Å²) in [4.78, 5) is 16.9. The van der Waals surface area contributed by atoms with Crippen LogP contribution in [0.1, 0.15) is 51.8 Å². The zero-order chi connectivity index (χ0) is 24.6. The highest BCUT2D eigenvalue weighted by molar-refractivity contribution is 5.70. The molecule has 0 radical (unpaired) electrons. The van der Waals surface area contributed by atoms with Gasteiger partial charge in [0.15, 0.2) is 0 Å². The number of rotatable bonds is 5. The summed E-state index contributed by atoms with van der Waals surface area (Å²) >= 11 is 0. The Bertz CT molecular complexity index is 983. The summed E-state index contributed by atoms with van der Waals surface area (Å²) in [6.07, 6.45) is -1.03. The molecular formula is C26H35FN2O4. The largest absolute Gasteiger partial charge is 0.485 e. The van der Waals surface area contributed by atoms with Gasteiger partial charge in [-0.2, -0.15) is 0 Å². The summed E-state index contributed by atoms with van der Waals surface area (Å²) in [6, 6.07) is 11.3. The third-order valence-corrected chi connectivity index (χ3v) is 5.73. The minimum atomic E-state index is -0.990. The number of halogens is 1. The fourth-order valence-corrected chi connectivity index (χ4v) is 3.93. The van der Waals surface area contributed by atoms with E-state index in [0.717, 1.165) is 16.8 Å². The van der Waals surface area contributed by atoms with Gasteiger partial charge in [-0.25, -0.2) is 9.18 Å². The molecule has 3 rings (SSSR count). The van der Waals surface area contributed by atoms with E-state index in [1.54, 1.807) is 17.0 Å². The van der Waals surface area contributed by atoms with Crippen molar-refractivity contribution in [3.05, 3.63) is 59.4 Å². The molecule has 0 unspecified atom stereocenters. The topological polar surface area (TPSA) is 62.2 Å². The Balaban J connectivity index is 2.02. The van der Waals surface area contributed by atoms with Gasteiger partial charge >= 0.3 is 6.09 Å². The van der Waals surface area contributed by atoms with Crippen LogP contribution in [0.4, 0.5) is 14.9 Å². The van der Waals surface area contributed by atoms with Crippen LogP contribution in [0.2, 0.25) is 0 Å². The molecule has 2 atom stereocenters. The number of amides is 1. The molecule has 0 aromatic heterocycles. The molecule has 1 amide bonds. The molecule has 2 aromatic rings. The van der Waals surface area contributed by atoms with Crippen molar-refractivity contribution in [3.63, 3.8) is 0 Å². The van der Waals surface area contributed by atoms with Crippen molar-refractivity contribution in [2.75, 3.05) is 25.5 Å². The number of nitrogens with zero attached hydrogens (tertiary/aromatic N) is 2. The predicted molar refractivity (Wildman–Crippen MR) is 127 cm³/mol. The predicted octanol–water partition coefficient (Wildman–Crippen LogP) is 4.94. The van der Waals surface area contributed by atoms with Gasteiger partial charge in [0, 0.05) is 38.0 Å². The summed E-state index contributed by atoms with van der Waals surface area (Å²) in [5.74, 6) is 0.312. The number of anilines is 1. The maximum Gasteiger partial charge on any atom is 0.410 e. The minimum absolute atomic E-state index is 0.285. The van der Waals surface area contributed by atoms with Crippen LogP contribution in [-0.4, -0.2) is 54.0 Å². The lowest BCUT2D eigenvalue weighted by Gasteiger charge is -2.46. The summed E-state index contributed by atoms with van der Waals surface area (Å²) in [7, 11) is 3.88. The fourth-order valence-electron chi connectivity index (χ4n) is 3.93. The van der Waals surface area contributed by atoms with Crippen LogP contribution in [0, 0.1) is 5.82 Å². The van der Waals surface area contributed by atoms with E-state index >= 15 is 0 Å². The maximum absolute atomic E-state index is 13.4. The Morgan fingerprint density at radius 3 is 2.36 bits per heavy atom. The van der Waals surface area contributed by atoms with Crippen LogP contribution in [0.15, 0.2) is 42.5 Å². The van der Waals surface area contributed by atoms with Gasteiger partial charge in [0.2, 0.25) is 0 Å². The number of aliphatic hydroxyl groups excluding tert-OH is 1. The van der Waals surface area contributed by atoms with Gasteiger partial charge in [-0.15, -0.1) is 0 Å². The van der Waals surface area contributed by atoms with E-state index in [1.165, 1.54) is 12.1 Å². The minimum Gasteiger partial charge on any atom is -0.485 e. The first-order valence-electron chi connectivity index (χ1n) is 11.2. The molecule has 2 aromatic carbocycles. The van der Waals surface area contributed by atoms with Crippen LogP contribution in [0.5, 0.6) is 5.75 Å². The van der Waals surface area contributed by atoms with Crippen LogP contribution in [0.3, 0.4) is 0 Å². The molecule has 0 saturated carbocycles. The van der Waals surface area contributed by atoms with Crippen molar-refractivity contribution in [2.45, 2.75) is 64.4 Å². The number of aliphatic hydroxyl groups is 1. The average molecular weight is 459 g/mol. The molecule has 0 bridgehead atoms. The van der Waals surface area contributed by atoms with Crippen molar-refractivity contribution >= 4 is 11.8 Å². The van der Waals surface area contributed by atoms with Crippen molar-refractivity contribution in [2.24, 2.45) is 0 Å². The monoisotopic (exact) mass is 458 g/mol. The van der Waals surface area contributed by atoms with Crippen LogP contribution in [-0.2, 0) is 11.2 Å². The van der Waals surface area contributed by atoms with E-state index in [2.05, 4.69) is 0 Å². The Hall–Kier alpha value is -2.80. The van der Waals surface area contributed by atoms with Crippen molar-refractivity contribution in [1.82, 2.24) is 4.90 Å². The summed E-state index contributed by atoms with van der Waals surface area (Å²) in [5.41, 5.74) is 0.925. The SMILES string of the molecule is CN(C)c1ccc2c(c1)OC(C)(C)[C@H](O)[C@H]2N(CCc1ccc(F)cc1)C(=O)OC(C)(C)C. The summed E-state index contributed by atoms with van der Waals surface area (Å²) in [6.45, 7) is 9.33. The number of fused-ring (bicyclic) bond motifs is 1. The highest BCUT2D eigenvalue weighted by Gasteiger charge is 2.47. The molecule has 1 aliphatic rings. The Morgan fingerprint density at radius 1 is 1.15 bits per heavy atom. The van der Waals surface area contributed by atoms with Crippen LogP contribution < -0.4 is 9.64 Å². The first-order valence-corrected chi connectivity index (χ1v) is 11.2. The fraction of sp³-hybridized carbons (Fsp3) is 0.500. The number of ether oxygens (including phenoxy) is 2. The van der Waals surface area contributed by atoms with E-state index in [1.807, 2.05) is 71.8 Å². The smallest absolute Gasteiger partial charge is 0.410 e. The van der Waals surface area contributed by atoms with Gasteiger partial charge in [-0.3, -0.25) is 4.90 Å². The lowest BCUT2D eigenvalue weighted by Crippen LogP contribution is -2.55. The lowest BCUT2D eigenvalue weighted by atomic mass is 9.85. The first kappa shape index (κ1) is 24.8. The average Bonchev–Trinajstić information content (AvgIpc) is 2.70.